The Balaban J connectivity index is 1.98. The molecular weight excluding hydrogens is 448 g/mol. The van der Waals surface area contributed by atoms with E-state index >= 15 is 0 Å². The van der Waals surface area contributed by atoms with Crippen LogP contribution >= 0.6 is 0 Å². The van der Waals surface area contributed by atoms with E-state index in [1.165, 1.54) is 95.1 Å². The lowest BCUT2D eigenvalue weighted by molar-refractivity contribution is -0.241. The van der Waals surface area contributed by atoms with Gasteiger partial charge in [-0.3, -0.25) is 4.89 Å². The number of hydrogen-bond acceptors (Lipinski definition) is 3. The lowest BCUT2D eigenvalue weighted by Gasteiger charge is -2.23. The van der Waals surface area contributed by atoms with Crippen LogP contribution in [-0.2, 0) is 9.78 Å². The summed E-state index contributed by atoms with van der Waals surface area (Å²) in [5.74, 6) is -0.436. The monoisotopic (exact) mass is 500 g/mol. The molecule has 35 heavy (non-hydrogen) atoms. The second-order valence-corrected chi connectivity index (χ2v) is 14.1. The third-order valence-electron chi connectivity index (χ3n) is 7.19. The minimum atomic E-state index is -1.87. The van der Waals surface area contributed by atoms with Crippen molar-refractivity contribution in [1.82, 2.24) is 0 Å². The Labute approximate surface area is 217 Å². The Morgan fingerprint density at radius 2 is 1.14 bits per heavy atom. The minimum Gasteiger partial charge on any atom is -0.293 e. The molecule has 4 heteroatoms. The first kappa shape index (κ1) is 31.4. The first-order valence-electron chi connectivity index (χ1n) is 14.3. The van der Waals surface area contributed by atoms with Crippen LogP contribution in [0.4, 0.5) is 0 Å². The van der Waals surface area contributed by atoms with Gasteiger partial charge < -0.3 is 0 Å². The molecule has 0 aromatic heterocycles. The molecule has 0 saturated carbocycles. The van der Waals surface area contributed by atoms with Crippen LogP contribution in [0.25, 0.3) is 0 Å². The number of unbranched alkanes of at least 4 members (excludes halogenated alkanes) is 15. The van der Waals surface area contributed by atoms with Gasteiger partial charge in [-0.05, 0) is 24.6 Å². The molecule has 1 aromatic rings. The number of carbonyl (C=O) groups excluding carboxylic acids is 1. The average molecular weight is 501 g/mol. The van der Waals surface area contributed by atoms with Gasteiger partial charge in [0.2, 0.25) is 0 Å². The zero-order chi connectivity index (χ0) is 25.6. The summed E-state index contributed by atoms with van der Waals surface area (Å²) in [6.45, 7) is 12.9. The van der Waals surface area contributed by atoms with Crippen LogP contribution in [0, 0.1) is 0 Å². The summed E-state index contributed by atoms with van der Waals surface area (Å²) >= 11 is 0. The molecule has 1 rings (SSSR count). The fourth-order valence-corrected chi connectivity index (χ4v) is 6.99. The molecule has 0 spiro atoms. The van der Waals surface area contributed by atoms with Gasteiger partial charge in [0.15, 0.2) is 0 Å². The summed E-state index contributed by atoms with van der Waals surface area (Å²) in [7, 11) is -1.87. The Morgan fingerprint density at radius 1 is 0.714 bits per heavy atom. The SMILES string of the molecule is C=C[Si](C=C)(CC)c1ccc(C(=O)OOCCCCCCCCCCCCCCCCCC)cc1. The van der Waals surface area contributed by atoms with Gasteiger partial charge in [0, 0.05) is 0 Å². The number of rotatable bonds is 23. The quantitative estimate of drug-likeness (QED) is 0.0650. The van der Waals surface area contributed by atoms with Gasteiger partial charge in [-0.2, -0.15) is 4.89 Å². The van der Waals surface area contributed by atoms with Crippen molar-refractivity contribution in [3.8, 4) is 0 Å². The van der Waals surface area contributed by atoms with E-state index < -0.39 is 14.0 Å². The lowest BCUT2D eigenvalue weighted by Crippen LogP contribution is -2.43. The highest BCUT2D eigenvalue weighted by Crippen LogP contribution is 2.15. The van der Waals surface area contributed by atoms with Gasteiger partial charge in [-0.25, -0.2) is 4.79 Å². The van der Waals surface area contributed by atoms with Crippen molar-refractivity contribution in [1.29, 1.82) is 0 Å². The van der Waals surface area contributed by atoms with E-state index in [1.807, 2.05) is 23.5 Å². The molecule has 0 amide bonds. The van der Waals surface area contributed by atoms with E-state index in [4.69, 9.17) is 9.78 Å². The third-order valence-corrected chi connectivity index (χ3v) is 11.2. The molecule has 0 fully saturated rings. The van der Waals surface area contributed by atoms with Crippen molar-refractivity contribution in [3.05, 3.63) is 54.4 Å². The smallest absolute Gasteiger partial charge is 0.293 e. The van der Waals surface area contributed by atoms with Crippen molar-refractivity contribution in [2.45, 2.75) is 123 Å². The average Bonchev–Trinajstić information content (AvgIpc) is 2.89. The van der Waals surface area contributed by atoms with E-state index in [1.54, 1.807) is 12.1 Å². The molecule has 0 aliphatic carbocycles. The lowest BCUT2D eigenvalue weighted by atomic mass is 10.0. The predicted octanol–water partition coefficient (Wildman–Crippen LogP) is 9.16. The van der Waals surface area contributed by atoms with E-state index in [-0.39, 0.29) is 0 Å². The highest BCUT2D eigenvalue weighted by molar-refractivity contribution is 6.99. The van der Waals surface area contributed by atoms with Crippen LogP contribution in [-0.4, -0.2) is 20.7 Å². The summed E-state index contributed by atoms with van der Waals surface area (Å²) in [5, 5.41) is 1.20. The van der Waals surface area contributed by atoms with Gasteiger partial charge in [-0.15, -0.1) is 13.2 Å². The number of benzene rings is 1. The number of hydrogen-bond donors (Lipinski definition) is 0. The largest absolute Gasteiger partial charge is 0.373 e. The molecule has 0 bridgehead atoms. The molecule has 3 nitrogen and oxygen atoms in total. The Kier molecular flexibility index (Phi) is 18.4. The fraction of sp³-hybridized carbons (Fsp3) is 0.645. The summed E-state index contributed by atoms with van der Waals surface area (Å²) in [4.78, 5) is 22.4. The van der Waals surface area contributed by atoms with Crippen LogP contribution in [0.15, 0.2) is 48.8 Å². The van der Waals surface area contributed by atoms with Crippen molar-refractivity contribution in [2.75, 3.05) is 6.61 Å². The summed E-state index contributed by atoms with van der Waals surface area (Å²) in [6, 6.07) is 8.60. The second-order valence-electron chi connectivity index (χ2n) is 9.88. The van der Waals surface area contributed by atoms with Crippen molar-refractivity contribution in [3.63, 3.8) is 0 Å². The van der Waals surface area contributed by atoms with Crippen molar-refractivity contribution >= 4 is 19.2 Å². The molecule has 1 aromatic carbocycles. The highest BCUT2D eigenvalue weighted by Gasteiger charge is 2.26. The van der Waals surface area contributed by atoms with E-state index in [9.17, 15) is 4.79 Å². The topological polar surface area (TPSA) is 35.5 Å². The van der Waals surface area contributed by atoms with Gasteiger partial charge in [0.25, 0.3) is 0 Å². The molecule has 0 N–H and O–H groups in total. The van der Waals surface area contributed by atoms with Gasteiger partial charge >= 0.3 is 5.97 Å². The summed E-state index contributed by atoms with van der Waals surface area (Å²) < 4.78 is 0. The predicted molar refractivity (Wildman–Crippen MR) is 154 cm³/mol. The van der Waals surface area contributed by atoms with Crippen LogP contribution in [0.3, 0.4) is 0 Å². The molecule has 0 heterocycles. The van der Waals surface area contributed by atoms with E-state index in [0.29, 0.717) is 12.2 Å². The Morgan fingerprint density at radius 3 is 1.54 bits per heavy atom. The fourth-order valence-electron chi connectivity index (χ4n) is 4.58. The van der Waals surface area contributed by atoms with Crippen molar-refractivity contribution in [2.24, 2.45) is 0 Å². The standard InChI is InChI=1S/C31H52O3Si/c1-5-9-10-11-12-13-14-15-16-17-18-19-20-21-22-23-28-33-34-31(32)29-24-26-30(27-25-29)35(6-2,7-3)8-4/h6-7,24-27H,2-3,5,8-23,28H2,1,4H3. The first-order valence-corrected chi connectivity index (χ1v) is 16.7. The molecule has 0 radical (unpaired) electrons. The molecule has 0 atom stereocenters. The molecular formula is C31H52O3Si. The summed E-state index contributed by atoms with van der Waals surface area (Å²) in [5.41, 5.74) is 4.58. The van der Waals surface area contributed by atoms with Gasteiger partial charge in [0.05, 0.1) is 12.2 Å². The van der Waals surface area contributed by atoms with E-state index in [0.717, 1.165) is 18.9 Å². The Hall–Kier alpha value is -1.65. The van der Waals surface area contributed by atoms with Gasteiger partial charge in [-0.1, -0.05) is 139 Å². The van der Waals surface area contributed by atoms with Crippen LogP contribution in [0.1, 0.15) is 127 Å². The maximum absolute atomic E-state index is 12.2. The maximum Gasteiger partial charge on any atom is 0.373 e. The second kappa shape index (κ2) is 20.5. The summed E-state index contributed by atoms with van der Waals surface area (Å²) in [6.07, 6.45) is 21.4. The van der Waals surface area contributed by atoms with Crippen molar-refractivity contribution < 1.29 is 14.6 Å². The van der Waals surface area contributed by atoms with Crippen LogP contribution in [0.5, 0.6) is 0 Å². The van der Waals surface area contributed by atoms with Crippen LogP contribution in [0.2, 0.25) is 6.04 Å². The molecule has 0 aliphatic rings. The highest BCUT2D eigenvalue weighted by atomic mass is 28.3. The normalized spacial score (nSPS) is 11.4. The Bertz CT molecular complexity index is 675. The molecule has 0 unspecified atom stereocenters. The maximum atomic E-state index is 12.2. The van der Waals surface area contributed by atoms with Gasteiger partial charge in [0.1, 0.15) is 8.07 Å². The van der Waals surface area contributed by atoms with E-state index in [2.05, 4.69) is 27.0 Å². The zero-order valence-electron chi connectivity index (χ0n) is 22.8. The molecule has 0 aliphatic heterocycles. The third kappa shape index (κ3) is 13.3. The zero-order valence-corrected chi connectivity index (χ0v) is 23.8. The number of carbonyl (C=O) groups is 1. The van der Waals surface area contributed by atoms with Crippen LogP contribution < -0.4 is 5.19 Å². The molecule has 198 valence electrons. The minimum absolute atomic E-state index is 0.436. The first-order chi connectivity index (χ1) is 17.1. The molecule has 0 saturated heterocycles.